The molecule has 0 spiro atoms. The van der Waals surface area contributed by atoms with E-state index in [1.54, 1.807) is 17.2 Å². The molecule has 1 aromatic carbocycles. The van der Waals surface area contributed by atoms with E-state index in [1.807, 2.05) is 24.3 Å². The number of para-hydroxylation sites is 2. The number of sulfonamides is 1. The highest BCUT2D eigenvalue weighted by Gasteiger charge is 2.25. The molecule has 1 aromatic heterocycles. The number of nitrogens with one attached hydrogen (secondary N) is 1. The van der Waals surface area contributed by atoms with Crippen LogP contribution in [0.4, 0.5) is 0 Å². The third kappa shape index (κ3) is 4.86. The first-order valence-electron chi connectivity index (χ1n) is 8.57. The number of carbonyl (C=O) groups excluding carboxylic acids is 1. The fourth-order valence-corrected chi connectivity index (χ4v) is 3.55. The quantitative estimate of drug-likeness (QED) is 0.802. The smallest absolute Gasteiger partial charge is 0.246 e. The first kappa shape index (κ1) is 18.5. The molecule has 1 saturated heterocycles. The van der Waals surface area contributed by atoms with Crippen molar-refractivity contribution in [2.75, 3.05) is 19.3 Å². The summed E-state index contributed by atoms with van der Waals surface area (Å²) in [6.45, 7) is 0.872. The minimum Gasteiger partial charge on any atom is -0.335 e. The number of amides is 1. The molecule has 7 nitrogen and oxygen atoms in total. The Kier molecular flexibility index (Phi) is 5.63. The molecular formula is C18H22N4O3S. The van der Waals surface area contributed by atoms with Gasteiger partial charge in [-0.1, -0.05) is 12.1 Å². The van der Waals surface area contributed by atoms with Crippen LogP contribution in [-0.2, 0) is 14.8 Å². The summed E-state index contributed by atoms with van der Waals surface area (Å²) in [5.74, 6) is -0.139. The van der Waals surface area contributed by atoms with Crippen LogP contribution in [0.2, 0.25) is 0 Å². The molecule has 8 heteroatoms. The topological polar surface area (TPSA) is 92.3 Å². The van der Waals surface area contributed by atoms with Crippen molar-refractivity contribution in [1.82, 2.24) is 19.6 Å². The standard InChI is InChI=1S/C18H22N4O3S/c1-26(24,25)20-13-15-6-4-5-11-22(15)18(23)10-9-14-12-19-16-7-2-3-8-17(16)21-14/h2-3,7-10,12,15,20H,4-6,11,13H2,1H3. The van der Waals surface area contributed by atoms with Gasteiger partial charge in [0, 0.05) is 25.2 Å². The number of hydrogen-bond donors (Lipinski definition) is 1. The lowest BCUT2D eigenvalue weighted by Crippen LogP contribution is -2.48. The van der Waals surface area contributed by atoms with Gasteiger partial charge in [0.05, 0.1) is 29.2 Å². The lowest BCUT2D eigenvalue weighted by Gasteiger charge is -2.35. The molecule has 3 rings (SSSR count). The third-order valence-electron chi connectivity index (χ3n) is 4.36. The maximum absolute atomic E-state index is 12.6. The van der Waals surface area contributed by atoms with Gasteiger partial charge in [-0.05, 0) is 37.5 Å². The van der Waals surface area contributed by atoms with E-state index in [2.05, 4.69) is 14.7 Å². The molecule has 2 aromatic rings. The number of rotatable bonds is 5. The van der Waals surface area contributed by atoms with Crippen molar-refractivity contribution in [3.8, 4) is 0 Å². The van der Waals surface area contributed by atoms with Crippen molar-refractivity contribution in [1.29, 1.82) is 0 Å². The summed E-state index contributed by atoms with van der Waals surface area (Å²) in [6, 6.07) is 7.42. The Labute approximate surface area is 153 Å². The lowest BCUT2D eigenvalue weighted by molar-refractivity contribution is -0.129. The molecular weight excluding hydrogens is 352 g/mol. The van der Waals surface area contributed by atoms with Crippen molar-refractivity contribution in [2.45, 2.75) is 25.3 Å². The molecule has 138 valence electrons. The Hall–Kier alpha value is -2.32. The number of likely N-dealkylation sites (tertiary alicyclic amines) is 1. The minimum atomic E-state index is -3.27. The molecule has 26 heavy (non-hydrogen) atoms. The van der Waals surface area contributed by atoms with Gasteiger partial charge in [0.1, 0.15) is 0 Å². The summed E-state index contributed by atoms with van der Waals surface area (Å²) >= 11 is 0. The summed E-state index contributed by atoms with van der Waals surface area (Å²) in [5.41, 5.74) is 2.19. The maximum Gasteiger partial charge on any atom is 0.246 e. The van der Waals surface area contributed by atoms with Crippen LogP contribution >= 0.6 is 0 Å². The molecule has 0 saturated carbocycles. The van der Waals surface area contributed by atoms with E-state index < -0.39 is 10.0 Å². The van der Waals surface area contributed by atoms with Gasteiger partial charge < -0.3 is 4.90 Å². The lowest BCUT2D eigenvalue weighted by atomic mass is 10.0. The Morgan fingerprint density at radius 3 is 2.85 bits per heavy atom. The van der Waals surface area contributed by atoms with Gasteiger partial charge in [-0.3, -0.25) is 9.78 Å². The summed E-state index contributed by atoms with van der Waals surface area (Å²) in [6.07, 6.45) is 8.59. The van der Waals surface area contributed by atoms with Crippen LogP contribution in [-0.4, -0.2) is 54.6 Å². The Bertz CT molecular complexity index is 927. The fraction of sp³-hybridized carbons (Fsp3) is 0.389. The van der Waals surface area contributed by atoms with Crippen LogP contribution in [0.15, 0.2) is 36.5 Å². The number of benzene rings is 1. The van der Waals surface area contributed by atoms with Crippen molar-refractivity contribution in [2.24, 2.45) is 0 Å². The molecule has 1 aliphatic heterocycles. The van der Waals surface area contributed by atoms with Crippen molar-refractivity contribution in [3.05, 3.63) is 42.2 Å². The second-order valence-electron chi connectivity index (χ2n) is 6.42. The zero-order valence-electron chi connectivity index (χ0n) is 14.6. The molecule has 1 N–H and O–H groups in total. The molecule has 0 aliphatic carbocycles. The summed E-state index contributed by atoms with van der Waals surface area (Å²) in [5, 5.41) is 0. The van der Waals surface area contributed by atoms with Crippen LogP contribution in [0.3, 0.4) is 0 Å². The Morgan fingerprint density at radius 1 is 1.31 bits per heavy atom. The average molecular weight is 374 g/mol. The first-order chi connectivity index (χ1) is 12.4. The summed E-state index contributed by atoms with van der Waals surface area (Å²) < 4.78 is 25.2. The molecule has 1 fully saturated rings. The van der Waals surface area contributed by atoms with Gasteiger partial charge in [-0.25, -0.2) is 18.1 Å². The van der Waals surface area contributed by atoms with Gasteiger partial charge in [0.25, 0.3) is 0 Å². The van der Waals surface area contributed by atoms with E-state index in [4.69, 9.17) is 0 Å². The van der Waals surface area contributed by atoms with Crippen molar-refractivity contribution in [3.63, 3.8) is 0 Å². The van der Waals surface area contributed by atoms with Crippen LogP contribution in [0.25, 0.3) is 17.1 Å². The van der Waals surface area contributed by atoms with Crippen molar-refractivity contribution >= 4 is 33.0 Å². The predicted molar refractivity (Wildman–Crippen MR) is 101 cm³/mol. The fourth-order valence-electron chi connectivity index (χ4n) is 3.05. The van der Waals surface area contributed by atoms with Gasteiger partial charge in [-0.15, -0.1) is 0 Å². The van der Waals surface area contributed by atoms with Crippen LogP contribution in [0.1, 0.15) is 25.0 Å². The third-order valence-corrected chi connectivity index (χ3v) is 5.05. The summed E-state index contributed by atoms with van der Waals surface area (Å²) in [4.78, 5) is 23.1. The highest BCUT2D eigenvalue weighted by molar-refractivity contribution is 7.88. The molecule has 1 unspecified atom stereocenters. The second-order valence-corrected chi connectivity index (χ2v) is 8.25. The number of nitrogens with zero attached hydrogens (tertiary/aromatic N) is 3. The SMILES string of the molecule is CS(=O)(=O)NCC1CCCCN1C(=O)C=Cc1cnc2ccccc2n1. The Balaban J connectivity index is 1.70. The molecule has 0 radical (unpaired) electrons. The number of fused-ring (bicyclic) bond motifs is 1. The summed E-state index contributed by atoms with van der Waals surface area (Å²) in [7, 11) is -3.27. The van der Waals surface area contributed by atoms with Gasteiger partial charge in [0.2, 0.25) is 15.9 Å². The van der Waals surface area contributed by atoms with E-state index in [0.29, 0.717) is 12.2 Å². The average Bonchev–Trinajstić information content (AvgIpc) is 2.64. The number of hydrogen-bond acceptors (Lipinski definition) is 5. The van der Waals surface area contributed by atoms with E-state index in [9.17, 15) is 13.2 Å². The first-order valence-corrected chi connectivity index (χ1v) is 10.5. The van der Waals surface area contributed by atoms with E-state index in [1.165, 1.54) is 6.08 Å². The zero-order valence-corrected chi connectivity index (χ0v) is 15.4. The molecule has 1 amide bonds. The van der Waals surface area contributed by atoms with Crippen LogP contribution in [0.5, 0.6) is 0 Å². The predicted octanol–water partition coefficient (Wildman–Crippen LogP) is 1.57. The monoisotopic (exact) mass is 374 g/mol. The highest BCUT2D eigenvalue weighted by Crippen LogP contribution is 2.17. The highest BCUT2D eigenvalue weighted by atomic mass is 32.2. The van der Waals surface area contributed by atoms with E-state index in [-0.39, 0.29) is 18.5 Å². The van der Waals surface area contributed by atoms with E-state index >= 15 is 0 Å². The number of aromatic nitrogens is 2. The Morgan fingerprint density at radius 2 is 2.08 bits per heavy atom. The molecule has 1 aliphatic rings. The van der Waals surface area contributed by atoms with E-state index in [0.717, 1.165) is 36.6 Å². The minimum absolute atomic E-state index is 0.127. The van der Waals surface area contributed by atoms with Crippen LogP contribution < -0.4 is 4.72 Å². The largest absolute Gasteiger partial charge is 0.335 e. The number of carbonyl (C=O) groups is 1. The van der Waals surface area contributed by atoms with Gasteiger partial charge >= 0.3 is 0 Å². The zero-order chi connectivity index (χ0) is 18.6. The number of piperidine rings is 1. The van der Waals surface area contributed by atoms with Crippen molar-refractivity contribution < 1.29 is 13.2 Å². The van der Waals surface area contributed by atoms with Gasteiger partial charge in [0.15, 0.2) is 0 Å². The normalized spacial score (nSPS) is 18.5. The molecule has 0 bridgehead atoms. The van der Waals surface area contributed by atoms with Crippen LogP contribution in [0, 0.1) is 0 Å². The molecule has 1 atom stereocenters. The molecule has 2 heterocycles. The van der Waals surface area contributed by atoms with Gasteiger partial charge in [-0.2, -0.15) is 0 Å². The maximum atomic E-state index is 12.6. The second kappa shape index (κ2) is 7.92.